The SMILES string of the molecule is CC(C)Cc1cc(-c2[c-]cccc2)nc[c]1[Ge]([CH3])[CH3].Cc1ccnc(-c2[c-]cc3oc4ccc(-c5ccccc5)cc4c3c2)c1.[Ir]. The Morgan fingerprint density at radius 1 is 0.739 bits per heavy atom. The summed E-state index contributed by atoms with van der Waals surface area (Å²) >= 11 is -1.08. The van der Waals surface area contributed by atoms with Gasteiger partial charge in [-0.3, -0.25) is 0 Å². The van der Waals surface area contributed by atoms with E-state index < -0.39 is 14.3 Å². The van der Waals surface area contributed by atoms with Gasteiger partial charge in [-0.15, -0.1) is 23.8 Å². The van der Waals surface area contributed by atoms with Crippen molar-refractivity contribution >= 4 is 40.7 Å². The molecule has 232 valence electrons. The van der Waals surface area contributed by atoms with Gasteiger partial charge in [0.2, 0.25) is 0 Å². The van der Waals surface area contributed by atoms with Crippen molar-refractivity contribution in [2.45, 2.75) is 38.7 Å². The van der Waals surface area contributed by atoms with Crippen LogP contribution in [0.2, 0.25) is 11.5 Å². The first-order valence-corrected chi connectivity index (χ1v) is 20.7. The van der Waals surface area contributed by atoms with Crippen molar-refractivity contribution in [1.29, 1.82) is 0 Å². The molecular formula is C41H37GeIrN2O-2. The van der Waals surface area contributed by atoms with Crippen molar-refractivity contribution in [3.63, 3.8) is 0 Å². The molecule has 7 rings (SSSR count). The topological polar surface area (TPSA) is 38.9 Å². The molecular weight excluding hydrogens is 801 g/mol. The van der Waals surface area contributed by atoms with Crippen molar-refractivity contribution in [2.75, 3.05) is 0 Å². The summed E-state index contributed by atoms with van der Waals surface area (Å²) in [5, 5.41) is 2.21. The fourth-order valence-electron chi connectivity index (χ4n) is 5.62. The number of benzene rings is 4. The molecule has 3 heterocycles. The molecule has 46 heavy (non-hydrogen) atoms. The number of nitrogens with zero attached hydrogens (tertiary/aromatic N) is 2. The average molecular weight is 839 g/mol. The molecule has 3 nitrogen and oxygen atoms in total. The van der Waals surface area contributed by atoms with Crippen LogP contribution in [-0.4, -0.2) is 24.3 Å². The van der Waals surface area contributed by atoms with E-state index >= 15 is 0 Å². The molecule has 0 unspecified atom stereocenters. The van der Waals surface area contributed by atoms with E-state index in [9.17, 15) is 0 Å². The second-order valence-electron chi connectivity index (χ2n) is 12.1. The number of fused-ring (bicyclic) bond motifs is 3. The van der Waals surface area contributed by atoms with Crippen LogP contribution in [0.3, 0.4) is 0 Å². The van der Waals surface area contributed by atoms with Gasteiger partial charge in [-0.2, -0.15) is 0 Å². The second-order valence-corrected chi connectivity index (χ2v) is 17.4. The summed E-state index contributed by atoms with van der Waals surface area (Å²) in [6.45, 7) is 6.64. The zero-order valence-corrected chi connectivity index (χ0v) is 31.4. The van der Waals surface area contributed by atoms with Crippen molar-refractivity contribution in [2.24, 2.45) is 5.92 Å². The van der Waals surface area contributed by atoms with Crippen molar-refractivity contribution < 1.29 is 24.5 Å². The van der Waals surface area contributed by atoms with Crippen LogP contribution in [0.25, 0.3) is 55.6 Å². The maximum absolute atomic E-state index is 6.01. The van der Waals surface area contributed by atoms with Gasteiger partial charge in [-0.25, -0.2) is 0 Å². The predicted molar refractivity (Wildman–Crippen MR) is 190 cm³/mol. The number of furan rings is 1. The van der Waals surface area contributed by atoms with Gasteiger partial charge >= 0.3 is 121 Å². The predicted octanol–water partition coefficient (Wildman–Crippen LogP) is 10.1. The van der Waals surface area contributed by atoms with Gasteiger partial charge in [0.25, 0.3) is 0 Å². The third kappa shape index (κ3) is 7.75. The Morgan fingerprint density at radius 2 is 1.50 bits per heavy atom. The van der Waals surface area contributed by atoms with Crippen LogP contribution in [0.4, 0.5) is 0 Å². The Bertz CT molecular complexity index is 2050. The van der Waals surface area contributed by atoms with Crippen LogP contribution >= 0.6 is 0 Å². The fourth-order valence-corrected chi connectivity index (χ4v) is 8.01. The van der Waals surface area contributed by atoms with Gasteiger partial charge in [-0.05, 0) is 41.9 Å². The molecule has 0 saturated carbocycles. The minimum absolute atomic E-state index is 0. The van der Waals surface area contributed by atoms with Crippen LogP contribution < -0.4 is 4.40 Å². The van der Waals surface area contributed by atoms with E-state index in [4.69, 9.17) is 4.42 Å². The molecule has 0 spiro atoms. The van der Waals surface area contributed by atoms with Crippen molar-refractivity contribution in [3.8, 4) is 33.6 Å². The molecule has 0 aliphatic rings. The molecule has 0 N–H and O–H groups in total. The van der Waals surface area contributed by atoms with Gasteiger partial charge in [0, 0.05) is 31.7 Å². The number of hydrogen-bond acceptors (Lipinski definition) is 3. The molecule has 0 atom stereocenters. The Hall–Kier alpha value is -3.83. The molecule has 0 saturated heterocycles. The quantitative estimate of drug-likeness (QED) is 0.124. The molecule has 5 heteroatoms. The summed E-state index contributed by atoms with van der Waals surface area (Å²) in [6, 6.07) is 41.8. The summed E-state index contributed by atoms with van der Waals surface area (Å²) in [4.78, 5) is 9.13. The number of aryl methyl sites for hydroxylation is 1. The first-order valence-electron chi connectivity index (χ1n) is 15.5. The number of hydrogen-bond donors (Lipinski definition) is 0. The van der Waals surface area contributed by atoms with Crippen LogP contribution in [0.1, 0.15) is 25.0 Å². The summed E-state index contributed by atoms with van der Waals surface area (Å²) < 4.78 is 7.54. The molecule has 0 bridgehead atoms. The van der Waals surface area contributed by atoms with E-state index in [1.165, 1.54) is 26.6 Å². The van der Waals surface area contributed by atoms with Crippen molar-refractivity contribution in [3.05, 3.63) is 139 Å². The minimum Gasteiger partial charge on any atom is -0.500 e. The maximum Gasteiger partial charge on any atom is 0.121 e. The molecule has 3 aromatic heterocycles. The minimum atomic E-state index is -1.08. The maximum atomic E-state index is 6.01. The standard InChI is InChI=1S/C24H16NO.C17H21GeN.Ir/c1-16-11-12-25-22(13-16)19-8-10-24-21(15-19)20-14-18(7-9-23(20)26-24)17-5-3-2-4-6-17;1-13(2)10-15-11-17(14-8-6-5-7-9-14)19-12-16(15)18(3)4;/h2-7,9-15H,1H3;5-8,11-13H,10H2,1-4H3;/q2*-1;. The van der Waals surface area contributed by atoms with E-state index in [1.807, 2.05) is 48.7 Å². The number of aromatic nitrogens is 2. The van der Waals surface area contributed by atoms with Gasteiger partial charge in [0.15, 0.2) is 0 Å². The van der Waals surface area contributed by atoms with E-state index in [0.717, 1.165) is 50.9 Å². The van der Waals surface area contributed by atoms with Crippen LogP contribution in [0, 0.1) is 25.0 Å². The molecule has 7 aromatic rings. The van der Waals surface area contributed by atoms with Crippen LogP contribution in [0.5, 0.6) is 0 Å². The smallest absolute Gasteiger partial charge is 0.121 e. The van der Waals surface area contributed by atoms with Gasteiger partial charge < -0.3 is 9.40 Å². The fraction of sp³-hybridized carbons (Fsp3) is 0.171. The summed E-state index contributed by atoms with van der Waals surface area (Å²) in [5.74, 6) is 5.48. The van der Waals surface area contributed by atoms with Gasteiger partial charge in [0.05, 0.1) is 5.58 Å². The molecule has 0 amide bonds. The summed E-state index contributed by atoms with van der Waals surface area (Å²) in [6.07, 6.45) is 5.10. The Labute approximate surface area is 290 Å². The van der Waals surface area contributed by atoms with Gasteiger partial charge in [-0.1, -0.05) is 53.4 Å². The third-order valence-corrected chi connectivity index (χ3v) is 11.0. The largest absolute Gasteiger partial charge is 0.500 e. The monoisotopic (exact) mass is 840 g/mol. The zero-order valence-electron chi connectivity index (χ0n) is 26.9. The van der Waals surface area contributed by atoms with Crippen molar-refractivity contribution in [1.82, 2.24) is 9.97 Å². The summed E-state index contributed by atoms with van der Waals surface area (Å²) in [7, 11) is 0. The van der Waals surface area contributed by atoms with E-state index in [0.29, 0.717) is 5.92 Å². The third-order valence-electron chi connectivity index (χ3n) is 7.84. The molecule has 4 aromatic carbocycles. The van der Waals surface area contributed by atoms with Gasteiger partial charge in [0.1, 0.15) is 5.58 Å². The summed E-state index contributed by atoms with van der Waals surface area (Å²) in [5.41, 5.74) is 10.9. The number of rotatable bonds is 6. The van der Waals surface area contributed by atoms with Crippen LogP contribution in [0.15, 0.2) is 120 Å². The Kier molecular flexibility index (Phi) is 11.1. The Morgan fingerprint density at radius 3 is 2.22 bits per heavy atom. The Balaban J connectivity index is 0.000000187. The first-order chi connectivity index (χ1) is 21.9. The van der Waals surface area contributed by atoms with E-state index in [-0.39, 0.29) is 20.1 Å². The molecule has 0 aliphatic carbocycles. The zero-order chi connectivity index (χ0) is 31.3. The van der Waals surface area contributed by atoms with E-state index in [1.54, 1.807) is 0 Å². The molecule has 2 radical (unpaired) electrons. The average Bonchev–Trinajstić information content (AvgIpc) is 3.43. The number of pyridine rings is 2. The first kappa shape index (κ1) is 33.5. The van der Waals surface area contributed by atoms with Crippen LogP contribution in [-0.2, 0) is 26.5 Å². The molecule has 0 aliphatic heterocycles. The van der Waals surface area contributed by atoms with E-state index in [2.05, 4.69) is 121 Å². The molecule has 0 fully saturated rings. The normalized spacial score (nSPS) is 11.0. The second kappa shape index (κ2) is 15.2.